The van der Waals surface area contributed by atoms with Gasteiger partial charge in [-0.3, -0.25) is 0 Å². The summed E-state index contributed by atoms with van der Waals surface area (Å²) < 4.78 is 0. The van der Waals surface area contributed by atoms with Gasteiger partial charge in [-0.15, -0.1) is 0 Å². The number of fused-ring (bicyclic) bond motifs is 1. The molecule has 0 spiro atoms. The van der Waals surface area contributed by atoms with E-state index >= 15 is 0 Å². The summed E-state index contributed by atoms with van der Waals surface area (Å²) in [5, 5.41) is 0. The van der Waals surface area contributed by atoms with Crippen LogP contribution in [-0.4, -0.2) is 35.0 Å². The molecule has 22 heavy (non-hydrogen) atoms. The Balaban J connectivity index is 1.87. The van der Waals surface area contributed by atoms with Gasteiger partial charge in [-0.25, -0.2) is 4.98 Å². The Morgan fingerprint density at radius 1 is 1.36 bits per heavy atom. The highest BCUT2D eigenvalue weighted by Crippen LogP contribution is 2.34. The van der Waals surface area contributed by atoms with E-state index in [-0.39, 0.29) is 0 Å². The maximum absolute atomic E-state index is 4.91. The summed E-state index contributed by atoms with van der Waals surface area (Å²) in [6, 6.07) is 6.71. The molecule has 3 nitrogen and oxygen atoms in total. The minimum atomic E-state index is 0.585. The molecule has 1 aliphatic heterocycles. The van der Waals surface area contributed by atoms with Crippen LogP contribution in [0.2, 0.25) is 0 Å². The molecule has 1 aromatic heterocycles. The molecule has 0 radical (unpaired) electrons. The van der Waals surface area contributed by atoms with E-state index in [1.165, 1.54) is 42.8 Å². The standard InChI is InChI=1S/C19H29N3/c1-5-15-12-22(4)9-8-16(15)19-20-17-7-6-14(10-13(2)3)11-18(17)21-19/h6-7,11,13,15-16H,5,8-10,12H2,1-4H3,(H,20,21)/t15-,16-/m0/s1. The van der Waals surface area contributed by atoms with E-state index in [1.54, 1.807) is 0 Å². The summed E-state index contributed by atoms with van der Waals surface area (Å²) in [6.07, 6.45) is 3.58. The summed E-state index contributed by atoms with van der Waals surface area (Å²) in [5.74, 6) is 3.20. The van der Waals surface area contributed by atoms with Crippen molar-refractivity contribution in [2.45, 2.75) is 46.0 Å². The number of H-pyrrole nitrogens is 1. The fourth-order valence-electron chi connectivity index (χ4n) is 3.84. The number of imidazole rings is 1. The van der Waals surface area contributed by atoms with Crippen molar-refractivity contribution in [3.63, 3.8) is 0 Å². The van der Waals surface area contributed by atoms with Crippen LogP contribution in [0.3, 0.4) is 0 Å². The van der Waals surface area contributed by atoms with E-state index < -0.39 is 0 Å². The van der Waals surface area contributed by atoms with Gasteiger partial charge in [0.05, 0.1) is 11.0 Å². The lowest BCUT2D eigenvalue weighted by Crippen LogP contribution is -2.37. The van der Waals surface area contributed by atoms with Crippen LogP contribution < -0.4 is 0 Å². The monoisotopic (exact) mass is 299 g/mol. The molecule has 2 atom stereocenters. The van der Waals surface area contributed by atoms with Crippen LogP contribution in [0.25, 0.3) is 11.0 Å². The second kappa shape index (κ2) is 6.41. The lowest BCUT2D eigenvalue weighted by Gasteiger charge is -2.35. The molecule has 1 N–H and O–H groups in total. The van der Waals surface area contributed by atoms with Gasteiger partial charge in [0, 0.05) is 12.5 Å². The maximum atomic E-state index is 4.91. The number of likely N-dealkylation sites (tertiary alicyclic amines) is 1. The van der Waals surface area contributed by atoms with Crippen LogP contribution in [0.15, 0.2) is 18.2 Å². The van der Waals surface area contributed by atoms with Crippen molar-refractivity contribution in [2.75, 3.05) is 20.1 Å². The minimum Gasteiger partial charge on any atom is -0.342 e. The second-order valence-corrected chi connectivity index (χ2v) is 7.40. The summed E-state index contributed by atoms with van der Waals surface area (Å²) in [4.78, 5) is 11.0. The Labute approximate surface area is 134 Å². The number of benzene rings is 1. The van der Waals surface area contributed by atoms with Gasteiger partial charge in [0.1, 0.15) is 5.82 Å². The first-order valence-corrected chi connectivity index (χ1v) is 8.74. The number of rotatable bonds is 4. The van der Waals surface area contributed by atoms with Crippen LogP contribution >= 0.6 is 0 Å². The molecule has 0 amide bonds. The number of nitrogens with zero attached hydrogens (tertiary/aromatic N) is 2. The zero-order valence-corrected chi connectivity index (χ0v) is 14.4. The van der Waals surface area contributed by atoms with Crippen molar-refractivity contribution < 1.29 is 0 Å². The number of hydrogen-bond donors (Lipinski definition) is 1. The van der Waals surface area contributed by atoms with Crippen LogP contribution in [0.5, 0.6) is 0 Å². The SMILES string of the molecule is CC[C@H]1CN(C)CC[C@@H]1c1nc2ccc(CC(C)C)cc2[nH]1. The third-order valence-electron chi connectivity index (χ3n) is 5.02. The van der Waals surface area contributed by atoms with E-state index in [9.17, 15) is 0 Å². The van der Waals surface area contributed by atoms with E-state index in [1.807, 2.05) is 0 Å². The summed E-state index contributed by atoms with van der Waals surface area (Å²) in [7, 11) is 2.23. The Bertz CT molecular complexity index is 629. The normalized spacial score (nSPS) is 23.5. The van der Waals surface area contributed by atoms with Crippen molar-refractivity contribution in [2.24, 2.45) is 11.8 Å². The molecular formula is C19H29N3. The molecule has 1 aliphatic rings. The molecule has 0 bridgehead atoms. The zero-order valence-electron chi connectivity index (χ0n) is 14.4. The number of aromatic nitrogens is 2. The van der Waals surface area contributed by atoms with Gasteiger partial charge in [-0.1, -0.05) is 33.3 Å². The number of piperidine rings is 1. The first-order valence-electron chi connectivity index (χ1n) is 8.74. The molecule has 2 heterocycles. The maximum Gasteiger partial charge on any atom is 0.110 e. The van der Waals surface area contributed by atoms with Gasteiger partial charge >= 0.3 is 0 Å². The summed E-state index contributed by atoms with van der Waals surface area (Å²) in [5.41, 5.74) is 3.74. The Morgan fingerprint density at radius 2 is 2.18 bits per heavy atom. The van der Waals surface area contributed by atoms with Crippen LogP contribution in [0.1, 0.15) is 50.9 Å². The van der Waals surface area contributed by atoms with Crippen molar-refractivity contribution in [1.29, 1.82) is 0 Å². The molecule has 3 rings (SSSR count). The third-order valence-corrected chi connectivity index (χ3v) is 5.02. The Hall–Kier alpha value is -1.35. The molecule has 1 fully saturated rings. The molecular weight excluding hydrogens is 270 g/mol. The van der Waals surface area contributed by atoms with Crippen molar-refractivity contribution >= 4 is 11.0 Å². The van der Waals surface area contributed by atoms with Crippen molar-refractivity contribution in [3.8, 4) is 0 Å². The zero-order chi connectivity index (χ0) is 15.7. The van der Waals surface area contributed by atoms with Crippen LogP contribution in [0, 0.1) is 11.8 Å². The van der Waals surface area contributed by atoms with Crippen molar-refractivity contribution in [1.82, 2.24) is 14.9 Å². The van der Waals surface area contributed by atoms with Crippen LogP contribution in [-0.2, 0) is 6.42 Å². The van der Waals surface area contributed by atoms with E-state index in [2.05, 4.69) is 55.9 Å². The second-order valence-electron chi connectivity index (χ2n) is 7.40. The Kier molecular flexibility index (Phi) is 4.53. The molecule has 0 unspecified atom stereocenters. The van der Waals surface area contributed by atoms with E-state index in [4.69, 9.17) is 4.98 Å². The van der Waals surface area contributed by atoms with Crippen molar-refractivity contribution in [3.05, 3.63) is 29.6 Å². The fraction of sp³-hybridized carbons (Fsp3) is 0.632. The van der Waals surface area contributed by atoms with E-state index in [0.29, 0.717) is 11.8 Å². The lowest BCUT2D eigenvalue weighted by molar-refractivity contribution is 0.176. The predicted molar refractivity (Wildman–Crippen MR) is 93.3 cm³/mol. The molecule has 1 saturated heterocycles. The van der Waals surface area contributed by atoms with Gasteiger partial charge in [0.25, 0.3) is 0 Å². The smallest absolute Gasteiger partial charge is 0.110 e. The Morgan fingerprint density at radius 3 is 2.91 bits per heavy atom. The quantitative estimate of drug-likeness (QED) is 0.917. The van der Waals surface area contributed by atoms with Gasteiger partial charge in [-0.05, 0) is 56.0 Å². The molecule has 0 saturated carbocycles. The molecule has 3 heteroatoms. The highest BCUT2D eigenvalue weighted by Gasteiger charge is 2.29. The molecule has 2 aromatic rings. The van der Waals surface area contributed by atoms with Gasteiger partial charge in [0.15, 0.2) is 0 Å². The third kappa shape index (κ3) is 3.19. The highest BCUT2D eigenvalue weighted by molar-refractivity contribution is 5.76. The first-order chi connectivity index (χ1) is 10.6. The first kappa shape index (κ1) is 15.5. The largest absolute Gasteiger partial charge is 0.342 e. The average molecular weight is 299 g/mol. The fourth-order valence-corrected chi connectivity index (χ4v) is 3.84. The predicted octanol–water partition coefficient (Wildman–Crippen LogP) is 4.21. The topological polar surface area (TPSA) is 31.9 Å². The summed E-state index contributed by atoms with van der Waals surface area (Å²) >= 11 is 0. The van der Waals surface area contributed by atoms with E-state index in [0.717, 1.165) is 17.9 Å². The molecule has 0 aliphatic carbocycles. The minimum absolute atomic E-state index is 0.585. The van der Waals surface area contributed by atoms with Crippen LogP contribution in [0.4, 0.5) is 0 Å². The molecule has 120 valence electrons. The summed E-state index contributed by atoms with van der Waals surface area (Å²) in [6.45, 7) is 9.22. The molecule has 1 aromatic carbocycles. The highest BCUT2D eigenvalue weighted by atomic mass is 15.1. The number of nitrogens with one attached hydrogen (secondary N) is 1. The number of aromatic amines is 1. The number of hydrogen-bond acceptors (Lipinski definition) is 2. The lowest BCUT2D eigenvalue weighted by atomic mass is 9.83. The average Bonchev–Trinajstić information content (AvgIpc) is 2.89. The van der Waals surface area contributed by atoms with Gasteiger partial charge in [-0.2, -0.15) is 0 Å². The van der Waals surface area contributed by atoms with Gasteiger partial charge < -0.3 is 9.88 Å². The van der Waals surface area contributed by atoms with Gasteiger partial charge in [0.2, 0.25) is 0 Å².